The number of rotatable bonds is 5. The molecule has 0 fully saturated rings. The summed E-state index contributed by atoms with van der Waals surface area (Å²) in [6.07, 6.45) is 2.17. The van der Waals surface area contributed by atoms with Crippen molar-refractivity contribution in [3.8, 4) is 0 Å². The summed E-state index contributed by atoms with van der Waals surface area (Å²) in [7, 11) is 0. The van der Waals surface area contributed by atoms with Crippen molar-refractivity contribution in [1.82, 2.24) is 5.32 Å². The van der Waals surface area contributed by atoms with Gasteiger partial charge in [0.1, 0.15) is 5.82 Å². The van der Waals surface area contributed by atoms with Crippen molar-refractivity contribution in [2.45, 2.75) is 45.7 Å². The van der Waals surface area contributed by atoms with Crippen molar-refractivity contribution in [3.63, 3.8) is 0 Å². The first-order chi connectivity index (χ1) is 7.46. The number of nitrogens with one attached hydrogen (secondary N) is 1. The predicted octanol–water partition coefficient (Wildman–Crippen LogP) is 4.15. The van der Waals surface area contributed by atoms with Gasteiger partial charge in [0.2, 0.25) is 0 Å². The van der Waals surface area contributed by atoms with Crippen LogP contribution in [-0.4, -0.2) is 5.54 Å². The summed E-state index contributed by atoms with van der Waals surface area (Å²) in [5.74, 6) is -0.316. The first kappa shape index (κ1) is 13.5. The molecule has 0 heterocycles. The molecule has 3 heteroatoms. The second kappa shape index (κ2) is 5.65. The summed E-state index contributed by atoms with van der Waals surface area (Å²) in [5.41, 5.74) is 0.653. The Morgan fingerprint density at radius 1 is 1.38 bits per heavy atom. The van der Waals surface area contributed by atoms with Crippen LogP contribution >= 0.6 is 11.6 Å². The molecule has 0 unspecified atom stereocenters. The smallest absolute Gasteiger partial charge is 0.146 e. The van der Waals surface area contributed by atoms with E-state index in [0.29, 0.717) is 12.1 Å². The number of halogens is 2. The highest BCUT2D eigenvalue weighted by Gasteiger charge is 2.16. The molecule has 0 radical (unpaired) electrons. The third-order valence-electron chi connectivity index (χ3n) is 2.66. The Kier molecular flexibility index (Phi) is 4.75. The Bertz CT molecular complexity index is 350. The van der Waals surface area contributed by atoms with Crippen LogP contribution < -0.4 is 5.32 Å². The minimum absolute atomic E-state index is 0.0313. The topological polar surface area (TPSA) is 12.0 Å². The Labute approximate surface area is 102 Å². The van der Waals surface area contributed by atoms with Gasteiger partial charge in [0, 0.05) is 17.6 Å². The van der Waals surface area contributed by atoms with E-state index >= 15 is 0 Å². The lowest BCUT2D eigenvalue weighted by Gasteiger charge is -2.26. The molecule has 1 aromatic carbocycles. The molecule has 90 valence electrons. The van der Waals surface area contributed by atoms with E-state index in [1.807, 2.05) is 0 Å². The van der Waals surface area contributed by atoms with Crippen LogP contribution in [0.3, 0.4) is 0 Å². The molecule has 0 aromatic heterocycles. The van der Waals surface area contributed by atoms with Gasteiger partial charge in [-0.15, -0.1) is 0 Å². The fourth-order valence-corrected chi connectivity index (χ4v) is 1.93. The molecule has 0 aliphatic carbocycles. The molecule has 16 heavy (non-hydrogen) atoms. The van der Waals surface area contributed by atoms with E-state index in [1.165, 1.54) is 0 Å². The number of benzene rings is 1. The van der Waals surface area contributed by atoms with Gasteiger partial charge < -0.3 is 5.32 Å². The van der Waals surface area contributed by atoms with E-state index in [4.69, 9.17) is 11.6 Å². The number of hydrogen-bond acceptors (Lipinski definition) is 1. The van der Waals surface area contributed by atoms with Crippen molar-refractivity contribution in [3.05, 3.63) is 34.6 Å². The lowest BCUT2D eigenvalue weighted by Crippen LogP contribution is -2.38. The second-order valence-electron chi connectivity index (χ2n) is 4.70. The van der Waals surface area contributed by atoms with E-state index in [1.54, 1.807) is 18.2 Å². The summed E-state index contributed by atoms with van der Waals surface area (Å²) in [6.45, 7) is 6.90. The molecule has 0 amide bonds. The Morgan fingerprint density at radius 3 is 2.69 bits per heavy atom. The largest absolute Gasteiger partial charge is 0.308 e. The average Bonchev–Trinajstić information content (AvgIpc) is 2.20. The van der Waals surface area contributed by atoms with Crippen LogP contribution in [0.2, 0.25) is 5.02 Å². The molecule has 0 spiro atoms. The third kappa shape index (κ3) is 3.76. The summed E-state index contributed by atoms with van der Waals surface area (Å²) in [5, 5.41) is 3.53. The van der Waals surface area contributed by atoms with Gasteiger partial charge in [0.25, 0.3) is 0 Å². The second-order valence-corrected chi connectivity index (χ2v) is 5.11. The van der Waals surface area contributed by atoms with Gasteiger partial charge >= 0.3 is 0 Å². The van der Waals surface area contributed by atoms with E-state index in [-0.39, 0.29) is 16.4 Å². The molecule has 0 atom stereocenters. The highest BCUT2D eigenvalue weighted by Crippen LogP contribution is 2.19. The van der Waals surface area contributed by atoms with Gasteiger partial charge in [-0.05, 0) is 26.3 Å². The Balaban J connectivity index is 2.64. The summed E-state index contributed by atoms with van der Waals surface area (Å²) in [4.78, 5) is 0. The maximum absolute atomic E-state index is 13.6. The predicted molar refractivity (Wildman–Crippen MR) is 67.2 cm³/mol. The highest BCUT2D eigenvalue weighted by molar-refractivity contribution is 6.30. The lowest BCUT2D eigenvalue weighted by molar-refractivity contribution is 0.354. The molecule has 0 aliphatic rings. The molecule has 0 saturated carbocycles. The molecule has 0 bridgehead atoms. The van der Waals surface area contributed by atoms with Crippen LogP contribution in [0.15, 0.2) is 18.2 Å². The van der Waals surface area contributed by atoms with Gasteiger partial charge in [-0.25, -0.2) is 4.39 Å². The molecule has 0 aliphatic heterocycles. The molecular formula is C13H19ClFN. The van der Waals surface area contributed by atoms with Crippen molar-refractivity contribution in [1.29, 1.82) is 0 Å². The monoisotopic (exact) mass is 243 g/mol. The zero-order valence-corrected chi connectivity index (χ0v) is 10.9. The fraction of sp³-hybridized carbons (Fsp3) is 0.538. The van der Waals surface area contributed by atoms with Gasteiger partial charge in [-0.3, -0.25) is 0 Å². The van der Waals surface area contributed by atoms with Crippen LogP contribution in [-0.2, 0) is 6.54 Å². The normalized spacial score (nSPS) is 11.8. The van der Waals surface area contributed by atoms with Gasteiger partial charge in [-0.2, -0.15) is 0 Å². The van der Waals surface area contributed by atoms with E-state index in [0.717, 1.165) is 12.8 Å². The minimum Gasteiger partial charge on any atom is -0.308 e. The van der Waals surface area contributed by atoms with Crippen LogP contribution in [0.25, 0.3) is 0 Å². The zero-order chi connectivity index (χ0) is 12.2. The third-order valence-corrected chi connectivity index (χ3v) is 2.96. The van der Waals surface area contributed by atoms with E-state index < -0.39 is 0 Å². The minimum atomic E-state index is -0.316. The summed E-state index contributed by atoms with van der Waals surface area (Å²) < 4.78 is 13.6. The van der Waals surface area contributed by atoms with E-state index in [2.05, 4.69) is 26.1 Å². The van der Waals surface area contributed by atoms with Crippen LogP contribution in [0.5, 0.6) is 0 Å². The van der Waals surface area contributed by atoms with Crippen molar-refractivity contribution >= 4 is 11.6 Å². The maximum Gasteiger partial charge on any atom is 0.146 e. The van der Waals surface area contributed by atoms with Crippen LogP contribution in [0, 0.1) is 5.82 Å². The van der Waals surface area contributed by atoms with E-state index in [9.17, 15) is 4.39 Å². The standard InChI is InChI=1S/C13H19ClFN/c1-4-8-13(2,3)16-9-10-6-5-7-11(14)12(10)15/h5-7,16H,4,8-9H2,1-3H3. The molecular weight excluding hydrogens is 225 g/mol. The maximum atomic E-state index is 13.6. The number of hydrogen-bond donors (Lipinski definition) is 1. The van der Waals surface area contributed by atoms with Gasteiger partial charge in [-0.1, -0.05) is 37.1 Å². The van der Waals surface area contributed by atoms with Gasteiger partial charge in [0.05, 0.1) is 5.02 Å². The SMILES string of the molecule is CCCC(C)(C)NCc1cccc(Cl)c1F. The molecule has 1 rings (SSSR count). The fourth-order valence-electron chi connectivity index (χ4n) is 1.73. The molecule has 1 N–H and O–H groups in total. The molecule has 0 saturated heterocycles. The lowest BCUT2D eigenvalue weighted by atomic mass is 9.98. The van der Waals surface area contributed by atoms with Crippen molar-refractivity contribution in [2.24, 2.45) is 0 Å². The van der Waals surface area contributed by atoms with Crippen molar-refractivity contribution in [2.75, 3.05) is 0 Å². The molecule has 1 nitrogen and oxygen atoms in total. The van der Waals surface area contributed by atoms with Crippen LogP contribution in [0.1, 0.15) is 39.2 Å². The Hall–Kier alpha value is -0.600. The molecule has 1 aromatic rings. The Morgan fingerprint density at radius 2 is 2.06 bits per heavy atom. The average molecular weight is 244 g/mol. The summed E-state index contributed by atoms with van der Waals surface area (Å²) in [6, 6.07) is 5.10. The van der Waals surface area contributed by atoms with Crippen molar-refractivity contribution < 1.29 is 4.39 Å². The summed E-state index contributed by atoms with van der Waals surface area (Å²) >= 11 is 5.72. The highest BCUT2D eigenvalue weighted by atomic mass is 35.5. The van der Waals surface area contributed by atoms with Gasteiger partial charge in [0.15, 0.2) is 0 Å². The van der Waals surface area contributed by atoms with Crippen LogP contribution in [0.4, 0.5) is 4.39 Å². The first-order valence-corrected chi connectivity index (χ1v) is 6.02. The first-order valence-electron chi connectivity index (χ1n) is 5.64. The quantitative estimate of drug-likeness (QED) is 0.819. The zero-order valence-electron chi connectivity index (χ0n) is 10.1.